The number of halogens is 1. The average Bonchev–Trinajstić information content (AvgIpc) is 3.24. The van der Waals surface area contributed by atoms with Crippen LogP contribution in [0.2, 0.25) is 5.02 Å². The first-order chi connectivity index (χ1) is 9.31. The van der Waals surface area contributed by atoms with E-state index in [1.807, 2.05) is 24.3 Å². The third-order valence-electron chi connectivity index (χ3n) is 3.50. The molecule has 19 heavy (non-hydrogen) atoms. The van der Waals surface area contributed by atoms with Crippen molar-refractivity contribution in [2.24, 2.45) is 5.92 Å². The second-order valence-corrected chi connectivity index (χ2v) is 5.58. The summed E-state index contributed by atoms with van der Waals surface area (Å²) < 4.78 is 5.76. The van der Waals surface area contributed by atoms with E-state index in [9.17, 15) is 0 Å². The molecular formula is C17H17ClO. The molecule has 0 radical (unpaired) electrons. The van der Waals surface area contributed by atoms with E-state index in [0.717, 1.165) is 22.3 Å². The lowest BCUT2D eigenvalue weighted by atomic mass is 10.1. The van der Waals surface area contributed by atoms with Gasteiger partial charge in [-0.25, -0.2) is 0 Å². The first-order valence-electron chi connectivity index (χ1n) is 6.76. The molecule has 1 nitrogen and oxygen atoms in total. The molecular weight excluding hydrogens is 256 g/mol. The molecule has 0 aromatic heterocycles. The summed E-state index contributed by atoms with van der Waals surface area (Å²) in [5.41, 5.74) is 2.43. The summed E-state index contributed by atoms with van der Waals surface area (Å²) in [4.78, 5) is 0. The average molecular weight is 273 g/mol. The van der Waals surface area contributed by atoms with Crippen LogP contribution in [0.5, 0.6) is 5.75 Å². The van der Waals surface area contributed by atoms with Gasteiger partial charge in [-0.1, -0.05) is 41.9 Å². The number of hydrogen-bond donors (Lipinski definition) is 0. The summed E-state index contributed by atoms with van der Waals surface area (Å²) in [5.74, 6) is 1.83. The molecule has 1 saturated carbocycles. The Labute approximate surface area is 119 Å². The second-order valence-electron chi connectivity index (χ2n) is 5.17. The van der Waals surface area contributed by atoms with Crippen molar-refractivity contribution in [1.29, 1.82) is 0 Å². The Hall–Kier alpha value is -1.47. The van der Waals surface area contributed by atoms with E-state index in [0.29, 0.717) is 6.61 Å². The third kappa shape index (κ3) is 3.51. The van der Waals surface area contributed by atoms with Crippen LogP contribution < -0.4 is 4.74 Å². The van der Waals surface area contributed by atoms with E-state index in [-0.39, 0.29) is 0 Å². The van der Waals surface area contributed by atoms with Crippen LogP contribution in [0.15, 0.2) is 48.5 Å². The molecule has 0 saturated heterocycles. The van der Waals surface area contributed by atoms with Crippen LogP contribution in [0, 0.1) is 5.92 Å². The molecule has 0 unspecified atom stereocenters. The number of hydrogen-bond acceptors (Lipinski definition) is 1. The lowest BCUT2D eigenvalue weighted by Crippen LogP contribution is -1.96. The molecule has 1 fully saturated rings. The predicted molar refractivity (Wildman–Crippen MR) is 78.7 cm³/mol. The molecule has 1 aliphatic carbocycles. The minimum absolute atomic E-state index is 0.516. The Morgan fingerprint density at radius 1 is 1.00 bits per heavy atom. The molecule has 3 rings (SSSR count). The molecule has 0 aliphatic heterocycles. The van der Waals surface area contributed by atoms with Gasteiger partial charge < -0.3 is 4.74 Å². The fourth-order valence-corrected chi connectivity index (χ4v) is 2.34. The highest BCUT2D eigenvalue weighted by Crippen LogP contribution is 2.32. The highest BCUT2D eigenvalue weighted by atomic mass is 35.5. The van der Waals surface area contributed by atoms with E-state index in [2.05, 4.69) is 24.3 Å². The van der Waals surface area contributed by atoms with Gasteiger partial charge in [0, 0.05) is 10.6 Å². The molecule has 0 heterocycles. The molecule has 0 N–H and O–H groups in total. The van der Waals surface area contributed by atoms with Crippen molar-refractivity contribution >= 4 is 11.6 Å². The van der Waals surface area contributed by atoms with Gasteiger partial charge in [0.2, 0.25) is 0 Å². The quantitative estimate of drug-likeness (QED) is 0.754. The van der Waals surface area contributed by atoms with E-state index >= 15 is 0 Å². The maximum Gasteiger partial charge on any atom is 0.119 e. The number of benzene rings is 2. The molecule has 2 aromatic rings. The molecule has 0 amide bonds. The molecule has 0 bridgehead atoms. The third-order valence-corrected chi connectivity index (χ3v) is 3.87. The Balaban J connectivity index is 1.59. The highest BCUT2D eigenvalue weighted by Gasteiger charge is 2.21. The summed E-state index contributed by atoms with van der Waals surface area (Å²) >= 11 is 6.10. The van der Waals surface area contributed by atoms with E-state index < -0.39 is 0 Å². The number of ether oxygens (including phenoxy) is 1. The van der Waals surface area contributed by atoms with Crippen molar-refractivity contribution in [1.82, 2.24) is 0 Å². The Morgan fingerprint density at radius 3 is 2.42 bits per heavy atom. The standard InChI is InChI=1S/C17H17ClO/c18-17-4-2-1-3-15(17)12-19-16-9-7-14(8-10-16)11-13-5-6-13/h1-4,7-10,13H,5-6,11-12H2. The van der Waals surface area contributed by atoms with Gasteiger partial charge in [-0.3, -0.25) is 0 Å². The van der Waals surface area contributed by atoms with Crippen molar-refractivity contribution < 1.29 is 4.74 Å². The summed E-state index contributed by atoms with van der Waals surface area (Å²) in [5, 5.41) is 0.757. The SMILES string of the molecule is Clc1ccccc1COc1ccc(CC2CC2)cc1. The van der Waals surface area contributed by atoms with Crippen LogP contribution in [-0.2, 0) is 13.0 Å². The van der Waals surface area contributed by atoms with Crippen LogP contribution in [0.1, 0.15) is 24.0 Å². The summed E-state index contributed by atoms with van der Waals surface area (Å²) in [6.45, 7) is 0.516. The van der Waals surface area contributed by atoms with Crippen molar-refractivity contribution in [3.05, 3.63) is 64.7 Å². The second kappa shape index (κ2) is 5.66. The minimum Gasteiger partial charge on any atom is -0.489 e. The van der Waals surface area contributed by atoms with Crippen LogP contribution >= 0.6 is 11.6 Å². The fourth-order valence-electron chi connectivity index (χ4n) is 2.15. The van der Waals surface area contributed by atoms with E-state index in [4.69, 9.17) is 16.3 Å². The van der Waals surface area contributed by atoms with Crippen molar-refractivity contribution in [2.75, 3.05) is 0 Å². The van der Waals surface area contributed by atoms with Gasteiger partial charge in [-0.2, -0.15) is 0 Å². The van der Waals surface area contributed by atoms with Gasteiger partial charge in [0.05, 0.1) is 0 Å². The molecule has 0 spiro atoms. The van der Waals surface area contributed by atoms with E-state index in [1.165, 1.54) is 24.8 Å². The molecule has 0 atom stereocenters. The molecule has 2 heteroatoms. The number of rotatable bonds is 5. The summed E-state index contributed by atoms with van der Waals surface area (Å²) in [7, 11) is 0. The van der Waals surface area contributed by atoms with Gasteiger partial charge in [0.25, 0.3) is 0 Å². The lowest BCUT2D eigenvalue weighted by molar-refractivity contribution is 0.306. The Morgan fingerprint density at radius 2 is 1.74 bits per heavy atom. The summed E-state index contributed by atoms with van der Waals surface area (Å²) in [6.07, 6.45) is 4.00. The zero-order valence-electron chi connectivity index (χ0n) is 10.8. The van der Waals surface area contributed by atoms with Crippen molar-refractivity contribution in [3.8, 4) is 5.75 Å². The van der Waals surface area contributed by atoms with Gasteiger partial charge in [-0.05, 0) is 48.9 Å². The topological polar surface area (TPSA) is 9.23 Å². The van der Waals surface area contributed by atoms with Gasteiger partial charge in [0.1, 0.15) is 12.4 Å². The maximum absolute atomic E-state index is 6.10. The normalized spacial score (nSPS) is 14.4. The minimum atomic E-state index is 0.516. The van der Waals surface area contributed by atoms with Crippen molar-refractivity contribution in [2.45, 2.75) is 25.9 Å². The first kappa shape index (κ1) is 12.6. The van der Waals surface area contributed by atoms with Crippen molar-refractivity contribution in [3.63, 3.8) is 0 Å². The smallest absolute Gasteiger partial charge is 0.119 e. The Kier molecular flexibility index (Phi) is 3.74. The molecule has 98 valence electrons. The van der Waals surface area contributed by atoms with Crippen LogP contribution in [-0.4, -0.2) is 0 Å². The monoisotopic (exact) mass is 272 g/mol. The molecule has 2 aromatic carbocycles. The zero-order chi connectivity index (χ0) is 13.1. The van der Waals surface area contributed by atoms with Gasteiger partial charge >= 0.3 is 0 Å². The van der Waals surface area contributed by atoms with Crippen LogP contribution in [0.3, 0.4) is 0 Å². The predicted octanol–water partition coefficient (Wildman–Crippen LogP) is 4.87. The van der Waals surface area contributed by atoms with Gasteiger partial charge in [-0.15, -0.1) is 0 Å². The lowest BCUT2D eigenvalue weighted by Gasteiger charge is -2.08. The fraction of sp³-hybridized carbons (Fsp3) is 0.294. The molecule has 1 aliphatic rings. The largest absolute Gasteiger partial charge is 0.489 e. The summed E-state index contributed by atoms with van der Waals surface area (Å²) in [6, 6.07) is 16.2. The maximum atomic E-state index is 6.10. The van der Waals surface area contributed by atoms with Crippen LogP contribution in [0.25, 0.3) is 0 Å². The highest BCUT2D eigenvalue weighted by molar-refractivity contribution is 6.31. The van der Waals surface area contributed by atoms with E-state index in [1.54, 1.807) is 0 Å². The zero-order valence-corrected chi connectivity index (χ0v) is 11.6. The van der Waals surface area contributed by atoms with Gasteiger partial charge in [0.15, 0.2) is 0 Å². The van der Waals surface area contributed by atoms with Crippen LogP contribution in [0.4, 0.5) is 0 Å². The Bertz CT molecular complexity index is 543. The first-order valence-corrected chi connectivity index (χ1v) is 7.14.